The lowest BCUT2D eigenvalue weighted by atomic mass is 10.2. The van der Waals surface area contributed by atoms with Crippen LogP contribution in [0.3, 0.4) is 0 Å². The molecule has 0 spiro atoms. The van der Waals surface area contributed by atoms with Gasteiger partial charge in [-0.25, -0.2) is 0 Å². The average Bonchev–Trinajstić information content (AvgIpc) is 2.44. The highest BCUT2D eigenvalue weighted by molar-refractivity contribution is 5.29. The third kappa shape index (κ3) is 0.662. The molecule has 0 amide bonds. The van der Waals surface area contributed by atoms with Crippen LogP contribution in [0.5, 0.6) is 0 Å². The van der Waals surface area contributed by atoms with Crippen LogP contribution in [-0.2, 0) is 0 Å². The van der Waals surface area contributed by atoms with Crippen molar-refractivity contribution in [1.29, 1.82) is 0 Å². The largest absolute Gasteiger partial charge is 0.294 e. The summed E-state index contributed by atoms with van der Waals surface area (Å²) in [5.41, 5.74) is 0.273. The van der Waals surface area contributed by atoms with Gasteiger partial charge in [0.05, 0.1) is 5.54 Å². The van der Waals surface area contributed by atoms with Gasteiger partial charge < -0.3 is 0 Å². The van der Waals surface area contributed by atoms with Crippen LogP contribution in [0.4, 0.5) is 0 Å². The van der Waals surface area contributed by atoms with Gasteiger partial charge in [-0.3, -0.25) is 4.99 Å². The Kier molecular flexibility index (Phi) is 1.14. The Labute approximate surface area is 50.8 Å². The van der Waals surface area contributed by atoms with Crippen molar-refractivity contribution in [1.82, 2.24) is 0 Å². The van der Waals surface area contributed by atoms with E-state index in [1.165, 1.54) is 12.8 Å². The molecule has 1 heteroatoms. The highest BCUT2D eigenvalue weighted by Crippen LogP contribution is 2.48. The average molecular weight is 111 g/mol. The summed E-state index contributed by atoms with van der Waals surface area (Å²) in [6, 6.07) is 0. The van der Waals surface area contributed by atoms with Crippen molar-refractivity contribution in [3.63, 3.8) is 0 Å². The maximum atomic E-state index is 4.03. The Morgan fingerprint density at radius 3 is 2.62 bits per heavy atom. The molecular formula is C7H13N. The molecule has 0 saturated heterocycles. The van der Waals surface area contributed by atoms with Gasteiger partial charge in [0.25, 0.3) is 0 Å². The van der Waals surface area contributed by atoms with E-state index in [0.29, 0.717) is 0 Å². The van der Waals surface area contributed by atoms with E-state index >= 15 is 0 Å². The van der Waals surface area contributed by atoms with Crippen molar-refractivity contribution >= 4 is 6.72 Å². The van der Waals surface area contributed by atoms with Crippen LogP contribution >= 0.6 is 0 Å². The zero-order valence-corrected chi connectivity index (χ0v) is 5.65. The molecule has 0 aliphatic heterocycles. The van der Waals surface area contributed by atoms with E-state index in [1.54, 1.807) is 0 Å². The Morgan fingerprint density at radius 2 is 2.50 bits per heavy atom. The zero-order chi connectivity index (χ0) is 6.20. The highest BCUT2D eigenvalue weighted by atomic mass is 14.9. The summed E-state index contributed by atoms with van der Waals surface area (Å²) in [5.74, 6) is 0.833. The van der Waals surface area contributed by atoms with Crippen molar-refractivity contribution in [3.05, 3.63) is 0 Å². The lowest BCUT2D eigenvalue weighted by Gasteiger charge is -1.98. The zero-order valence-electron chi connectivity index (χ0n) is 5.65. The molecule has 0 bridgehead atoms. The molecule has 0 aromatic heterocycles. The predicted octanol–water partition coefficient (Wildman–Crippen LogP) is 1.88. The van der Waals surface area contributed by atoms with E-state index in [4.69, 9.17) is 0 Å². The van der Waals surface area contributed by atoms with Crippen LogP contribution in [0, 0.1) is 5.92 Å². The van der Waals surface area contributed by atoms with E-state index in [0.717, 1.165) is 5.92 Å². The predicted molar refractivity (Wildman–Crippen MR) is 36.4 cm³/mol. The lowest BCUT2D eigenvalue weighted by Crippen LogP contribution is -1.98. The topological polar surface area (TPSA) is 12.4 Å². The van der Waals surface area contributed by atoms with Crippen molar-refractivity contribution in [2.75, 3.05) is 0 Å². The van der Waals surface area contributed by atoms with Gasteiger partial charge >= 0.3 is 0 Å². The fraction of sp³-hybridized carbons (Fsp3) is 0.857. The molecule has 0 aromatic rings. The van der Waals surface area contributed by atoms with Crippen molar-refractivity contribution in [3.8, 4) is 0 Å². The first-order valence-electron chi connectivity index (χ1n) is 3.21. The second kappa shape index (κ2) is 1.57. The summed E-state index contributed by atoms with van der Waals surface area (Å²) < 4.78 is 0. The summed E-state index contributed by atoms with van der Waals surface area (Å²) in [7, 11) is 0. The van der Waals surface area contributed by atoms with Gasteiger partial charge in [-0.2, -0.15) is 0 Å². The molecule has 1 saturated carbocycles. The van der Waals surface area contributed by atoms with E-state index in [9.17, 15) is 0 Å². The second-order valence-electron chi connectivity index (χ2n) is 2.82. The van der Waals surface area contributed by atoms with Gasteiger partial charge in [-0.15, -0.1) is 0 Å². The molecular weight excluding hydrogens is 98.1 g/mol. The fourth-order valence-corrected chi connectivity index (χ4v) is 1.22. The number of hydrogen-bond donors (Lipinski definition) is 0. The second-order valence-corrected chi connectivity index (χ2v) is 2.82. The lowest BCUT2D eigenvalue weighted by molar-refractivity contribution is 0.639. The molecule has 1 aliphatic rings. The maximum Gasteiger partial charge on any atom is 0.0605 e. The van der Waals surface area contributed by atoms with Crippen LogP contribution in [0.15, 0.2) is 4.99 Å². The van der Waals surface area contributed by atoms with Gasteiger partial charge in [0.15, 0.2) is 0 Å². The van der Waals surface area contributed by atoms with E-state index in [2.05, 4.69) is 25.6 Å². The Bertz CT molecular complexity index is 109. The molecule has 0 heterocycles. The van der Waals surface area contributed by atoms with Crippen LogP contribution in [0.1, 0.15) is 26.7 Å². The smallest absolute Gasteiger partial charge is 0.0605 e. The number of hydrogen-bond acceptors (Lipinski definition) is 1. The van der Waals surface area contributed by atoms with Crippen LogP contribution < -0.4 is 0 Å². The summed E-state index contributed by atoms with van der Waals surface area (Å²) >= 11 is 0. The molecule has 0 radical (unpaired) electrons. The summed E-state index contributed by atoms with van der Waals surface area (Å²) in [6.07, 6.45) is 2.52. The normalized spacial score (nSPS) is 44.0. The first-order chi connectivity index (χ1) is 3.73. The SMILES string of the molecule is C=NC1(C)CC1CC. The summed E-state index contributed by atoms with van der Waals surface area (Å²) in [6.45, 7) is 7.93. The van der Waals surface area contributed by atoms with Gasteiger partial charge in [-0.05, 0) is 26.0 Å². The third-order valence-electron chi connectivity index (χ3n) is 2.23. The minimum absolute atomic E-state index is 0.273. The van der Waals surface area contributed by atoms with Crippen LogP contribution in [0.25, 0.3) is 0 Å². The summed E-state index contributed by atoms with van der Waals surface area (Å²) in [4.78, 5) is 4.03. The molecule has 8 heavy (non-hydrogen) atoms. The third-order valence-corrected chi connectivity index (χ3v) is 2.23. The van der Waals surface area contributed by atoms with Crippen LogP contribution in [0.2, 0.25) is 0 Å². The van der Waals surface area contributed by atoms with E-state index in [-0.39, 0.29) is 5.54 Å². The Hall–Kier alpha value is -0.330. The molecule has 1 rings (SSSR count). The Morgan fingerprint density at radius 1 is 1.88 bits per heavy atom. The van der Waals surface area contributed by atoms with Gasteiger partial charge in [0, 0.05) is 0 Å². The molecule has 2 unspecified atom stereocenters. The molecule has 2 atom stereocenters. The molecule has 1 fully saturated rings. The highest BCUT2D eigenvalue weighted by Gasteiger charge is 2.47. The van der Waals surface area contributed by atoms with Gasteiger partial charge in [0.1, 0.15) is 0 Å². The molecule has 0 aromatic carbocycles. The van der Waals surface area contributed by atoms with Crippen molar-refractivity contribution in [2.45, 2.75) is 32.2 Å². The maximum absolute atomic E-state index is 4.03. The summed E-state index contributed by atoms with van der Waals surface area (Å²) in [5, 5.41) is 0. The number of aliphatic imine (C=N–C) groups is 1. The van der Waals surface area contributed by atoms with Gasteiger partial charge in [0.2, 0.25) is 0 Å². The van der Waals surface area contributed by atoms with Crippen molar-refractivity contribution in [2.24, 2.45) is 10.9 Å². The van der Waals surface area contributed by atoms with Gasteiger partial charge in [-0.1, -0.05) is 13.3 Å². The van der Waals surface area contributed by atoms with E-state index in [1.807, 2.05) is 0 Å². The monoisotopic (exact) mass is 111 g/mol. The minimum Gasteiger partial charge on any atom is -0.294 e. The fourth-order valence-electron chi connectivity index (χ4n) is 1.22. The van der Waals surface area contributed by atoms with Crippen molar-refractivity contribution < 1.29 is 0 Å². The Balaban J connectivity index is 2.42. The number of nitrogens with zero attached hydrogens (tertiary/aromatic N) is 1. The molecule has 1 nitrogen and oxygen atoms in total. The molecule has 0 N–H and O–H groups in total. The van der Waals surface area contributed by atoms with E-state index < -0.39 is 0 Å². The molecule has 46 valence electrons. The number of rotatable bonds is 2. The van der Waals surface area contributed by atoms with Crippen LogP contribution in [-0.4, -0.2) is 12.3 Å². The first-order valence-corrected chi connectivity index (χ1v) is 3.21. The molecule has 1 aliphatic carbocycles. The quantitative estimate of drug-likeness (QED) is 0.482. The first kappa shape index (κ1) is 5.80. The standard InChI is InChI=1S/C7H13N/c1-4-6-5-7(6,2)8-3/h6H,3-5H2,1-2H3. The minimum atomic E-state index is 0.273.